The van der Waals surface area contributed by atoms with Gasteiger partial charge in [0.25, 0.3) is 5.91 Å². The molecule has 4 aromatic rings. The first kappa shape index (κ1) is 26.4. The lowest BCUT2D eigenvalue weighted by Gasteiger charge is -2.31. The van der Waals surface area contributed by atoms with Crippen LogP contribution in [0, 0.1) is 12.8 Å². The number of benzene rings is 3. The van der Waals surface area contributed by atoms with Crippen LogP contribution in [0.2, 0.25) is 5.02 Å². The largest absolute Gasteiger partial charge is 0.483 e. The number of nitrogens with one attached hydrogen (secondary N) is 2. The van der Waals surface area contributed by atoms with Crippen molar-refractivity contribution in [1.29, 1.82) is 0 Å². The molecular formula is C29H22ClN3O5S2. The summed E-state index contributed by atoms with van der Waals surface area (Å²) in [6, 6.07) is 21.1. The molecule has 8 nitrogen and oxygen atoms in total. The Morgan fingerprint density at radius 1 is 1.02 bits per heavy atom. The minimum Gasteiger partial charge on any atom is -0.483 e. The van der Waals surface area contributed by atoms with Gasteiger partial charge in [0.1, 0.15) is 11.0 Å². The maximum atomic E-state index is 13.9. The van der Waals surface area contributed by atoms with E-state index in [-0.39, 0.29) is 29.2 Å². The molecule has 0 aliphatic carbocycles. The van der Waals surface area contributed by atoms with Gasteiger partial charge in [-0.25, -0.2) is 4.90 Å². The van der Waals surface area contributed by atoms with Crippen molar-refractivity contribution in [2.24, 2.45) is 5.92 Å². The number of aryl methyl sites for hydroxylation is 1. The quantitative estimate of drug-likeness (QED) is 0.298. The minimum absolute atomic E-state index is 0.288. The SMILES string of the molecule is Cc1ccc(NC(=O)COc2ccc(Cl)cc2[C@H]2c3sc(=O)[nH]c3SC3C(=O)N(c4ccccc4)C(=O)C32)cc1. The first-order valence-corrected chi connectivity index (χ1v) is 14.5. The molecule has 6 rings (SSSR count). The number of halogens is 1. The summed E-state index contributed by atoms with van der Waals surface area (Å²) in [7, 11) is 0. The third-order valence-electron chi connectivity index (χ3n) is 6.84. The smallest absolute Gasteiger partial charge is 0.305 e. The van der Waals surface area contributed by atoms with Crippen molar-refractivity contribution in [1.82, 2.24) is 4.98 Å². The van der Waals surface area contributed by atoms with Crippen molar-refractivity contribution < 1.29 is 19.1 Å². The number of thioether (sulfide) groups is 1. The lowest BCUT2D eigenvalue weighted by atomic mass is 9.82. The molecule has 1 fully saturated rings. The number of carbonyl (C=O) groups is 3. The summed E-state index contributed by atoms with van der Waals surface area (Å²) in [6.45, 7) is 1.66. The molecule has 202 valence electrons. The molecule has 3 heterocycles. The van der Waals surface area contributed by atoms with Gasteiger partial charge in [-0.2, -0.15) is 0 Å². The van der Waals surface area contributed by atoms with E-state index in [1.54, 1.807) is 54.6 Å². The van der Waals surface area contributed by atoms with Gasteiger partial charge in [-0.3, -0.25) is 19.2 Å². The van der Waals surface area contributed by atoms with E-state index >= 15 is 0 Å². The number of aromatic nitrogens is 1. The summed E-state index contributed by atoms with van der Waals surface area (Å²) in [4.78, 5) is 57.0. The predicted octanol–water partition coefficient (Wildman–Crippen LogP) is 5.21. The Kier molecular flexibility index (Phi) is 6.99. The van der Waals surface area contributed by atoms with E-state index < -0.39 is 17.1 Å². The van der Waals surface area contributed by atoms with Crippen molar-refractivity contribution in [2.75, 3.05) is 16.8 Å². The van der Waals surface area contributed by atoms with Crippen molar-refractivity contribution in [3.8, 4) is 5.75 Å². The standard InChI is InChI=1S/C29H22ClN3O5S2/c1-15-7-10-17(11-8-15)31-21(34)14-38-20-12-9-16(30)13-19(20)22-23-25(39-26-24(22)40-29(37)32-26)28(36)33(27(23)35)18-5-3-2-4-6-18/h2-13,22-23,25H,14H2,1H3,(H,31,34)(H,32,37)/t22-,23?,25?/m1/s1. The van der Waals surface area contributed by atoms with Gasteiger partial charge >= 0.3 is 4.87 Å². The van der Waals surface area contributed by atoms with Crippen molar-refractivity contribution in [3.05, 3.63) is 103 Å². The zero-order valence-electron chi connectivity index (χ0n) is 21.1. The molecule has 2 unspecified atom stereocenters. The molecule has 1 aromatic heterocycles. The molecule has 2 aliphatic heterocycles. The molecule has 3 atom stereocenters. The molecule has 0 spiro atoms. The second-order valence-corrected chi connectivity index (χ2v) is 12.1. The average Bonchev–Trinajstić information content (AvgIpc) is 3.43. The van der Waals surface area contributed by atoms with Gasteiger partial charge in [0.15, 0.2) is 6.61 Å². The van der Waals surface area contributed by atoms with Crippen LogP contribution in [0.1, 0.15) is 21.9 Å². The lowest BCUT2D eigenvalue weighted by Crippen LogP contribution is -2.32. The van der Waals surface area contributed by atoms with Crippen LogP contribution >= 0.6 is 34.7 Å². The van der Waals surface area contributed by atoms with Crippen molar-refractivity contribution >= 4 is 63.8 Å². The zero-order chi connectivity index (χ0) is 28.0. The summed E-state index contributed by atoms with van der Waals surface area (Å²) < 4.78 is 5.98. The van der Waals surface area contributed by atoms with Crippen LogP contribution in [-0.2, 0) is 14.4 Å². The molecule has 1 saturated heterocycles. The second-order valence-electron chi connectivity index (χ2n) is 9.48. The van der Waals surface area contributed by atoms with E-state index in [1.807, 2.05) is 25.1 Å². The number of aromatic amines is 1. The monoisotopic (exact) mass is 591 g/mol. The van der Waals surface area contributed by atoms with Crippen LogP contribution in [-0.4, -0.2) is 34.6 Å². The Labute approximate surface area is 242 Å². The molecule has 2 aliphatic rings. The number of amides is 3. The molecule has 0 saturated carbocycles. The molecule has 40 heavy (non-hydrogen) atoms. The number of H-pyrrole nitrogens is 1. The summed E-state index contributed by atoms with van der Waals surface area (Å²) in [5.74, 6) is -2.24. The zero-order valence-corrected chi connectivity index (χ0v) is 23.4. The number of rotatable bonds is 6. The van der Waals surface area contributed by atoms with E-state index in [1.165, 1.54) is 16.7 Å². The molecule has 3 amide bonds. The average molecular weight is 592 g/mol. The number of imide groups is 1. The maximum absolute atomic E-state index is 13.9. The number of carbonyl (C=O) groups excluding carboxylic acids is 3. The van der Waals surface area contributed by atoms with Crippen LogP contribution in [0.4, 0.5) is 11.4 Å². The second kappa shape index (κ2) is 10.6. The first-order chi connectivity index (χ1) is 19.3. The fourth-order valence-electron chi connectivity index (χ4n) is 5.05. The highest BCUT2D eigenvalue weighted by Crippen LogP contribution is 2.54. The van der Waals surface area contributed by atoms with Gasteiger partial charge in [-0.15, -0.1) is 0 Å². The Balaban J connectivity index is 1.36. The highest BCUT2D eigenvalue weighted by Gasteiger charge is 2.56. The van der Waals surface area contributed by atoms with Gasteiger partial charge in [-0.05, 0) is 49.4 Å². The summed E-state index contributed by atoms with van der Waals surface area (Å²) >= 11 is 8.60. The van der Waals surface area contributed by atoms with Gasteiger partial charge in [-0.1, -0.05) is 70.6 Å². The molecule has 3 aromatic carbocycles. The fourth-order valence-corrected chi connectivity index (χ4v) is 7.74. The van der Waals surface area contributed by atoms with Crippen LogP contribution in [0.5, 0.6) is 5.75 Å². The fraction of sp³-hybridized carbons (Fsp3) is 0.172. The Morgan fingerprint density at radius 3 is 2.52 bits per heavy atom. The number of hydrogen-bond donors (Lipinski definition) is 2. The van der Waals surface area contributed by atoms with E-state index in [9.17, 15) is 19.2 Å². The van der Waals surface area contributed by atoms with Gasteiger partial charge in [0.2, 0.25) is 11.8 Å². The summed E-state index contributed by atoms with van der Waals surface area (Å²) in [6.07, 6.45) is 0. The first-order valence-electron chi connectivity index (χ1n) is 12.4. The highest BCUT2D eigenvalue weighted by molar-refractivity contribution is 8.00. The van der Waals surface area contributed by atoms with Crippen LogP contribution in [0.3, 0.4) is 0 Å². The molecule has 2 N–H and O–H groups in total. The third-order valence-corrected chi connectivity index (χ3v) is 9.48. The number of hydrogen-bond acceptors (Lipinski definition) is 7. The maximum Gasteiger partial charge on any atom is 0.305 e. The van der Waals surface area contributed by atoms with E-state index in [4.69, 9.17) is 16.3 Å². The summed E-state index contributed by atoms with van der Waals surface area (Å²) in [5, 5.41) is 2.98. The number of anilines is 2. The predicted molar refractivity (Wildman–Crippen MR) is 156 cm³/mol. The van der Waals surface area contributed by atoms with E-state index in [0.29, 0.717) is 37.6 Å². The number of ether oxygens (including phenoxy) is 1. The van der Waals surface area contributed by atoms with Gasteiger partial charge in [0, 0.05) is 27.1 Å². The summed E-state index contributed by atoms with van der Waals surface area (Å²) in [5.41, 5.74) is 2.72. The van der Waals surface area contributed by atoms with Gasteiger partial charge in [0.05, 0.1) is 16.6 Å². The Morgan fingerprint density at radius 2 is 1.77 bits per heavy atom. The van der Waals surface area contributed by atoms with E-state index in [2.05, 4.69) is 10.3 Å². The number of nitrogens with zero attached hydrogens (tertiary/aromatic N) is 1. The normalized spacial score (nSPS) is 19.8. The Bertz CT molecular complexity index is 1690. The Hall–Kier alpha value is -3.86. The highest BCUT2D eigenvalue weighted by atomic mass is 35.5. The molecule has 11 heteroatoms. The van der Waals surface area contributed by atoms with Crippen molar-refractivity contribution in [3.63, 3.8) is 0 Å². The molecular weight excluding hydrogens is 570 g/mol. The number of thiazole rings is 1. The van der Waals surface area contributed by atoms with Gasteiger partial charge < -0.3 is 15.0 Å². The van der Waals surface area contributed by atoms with E-state index in [0.717, 1.165) is 16.9 Å². The van der Waals surface area contributed by atoms with Crippen LogP contribution in [0.15, 0.2) is 82.6 Å². The molecule has 0 bridgehead atoms. The minimum atomic E-state index is -0.807. The van der Waals surface area contributed by atoms with Crippen LogP contribution in [0.25, 0.3) is 0 Å². The van der Waals surface area contributed by atoms with Crippen molar-refractivity contribution in [2.45, 2.75) is 23.1 Å². The topological polar surface area (TPSA) is 109 Å². The third kappa shape index (κ3) is 4.83. The number of fused-ring (bicyclic) bond motifs is 2. The number of para-hydroxylation sites is 1. The molecule has 0 radical (unpaired) electrons. The van der Waals surface area contributed by atoms with Crippen LogP contribution < -0.4 is 19.8 Å². The lowest BCUT2D eigenvalue weighted by molar-refractivity contribution is -0.122.